The van der Waals surface area contributed by atoms with Crippen molar-refractivity contribution < 1.29 is 19.4 Å². The number of aliphatic carboxylic acids is 1. The van der Waals surface area contributed by atoms with Crippen molar-refractivity contribution in [1.82, 2.24) is 19.5 Å². The van der Waals surface area contributed by atoms with E-state index in [1.54, 1.807) is 19.9 Å². The van der Waals surface area contributed by atoms with Gasteiger partial charge in [0, 0.05) is 10.6 Å². The molecule has 0 bridgehead atoms. The molecule has 2 aromatic heterocycles. The van der Waals surface area contributed by atoms with E-state index in [-0.39, 0.29) is 5.60 Å². The van der Waals surface area contributed by atoms with E-state index in [0.29, 0.717) is 70.2 Å². The van der Waals surface area contributed by atoms with Crippen LogP contribution in [0.4, 0.5) is 0 Å². The van der Waals surface area contributed by atoms with E-state index in [1.807, 2.05) is 41.0 Å². The summed E-state index contributed by atoms with van der Waals surface area (Å²) in [6.45, 7) is 6.25. The second-order valence-corrected chi connectivity index (χ2v) is 11.6. The van der Waals surface area contributed by atoms with Crippen LogP contribution in [0, 0.1) is 5.41 Å². The zero-order chi connectivity index (χ0) is 27.8. The minimum atomic E-state index is -0.830. The molecule has 10 heteroatoms. The van der Waals surface area contributed by atoms with Crippen molar-refractivity contribution in [2.75, 3.05) is 6.61 Å². The number of halogens is 2. The molecule has 2 aromatic carbocycles. The van der Waals surface area contributed by atoms with Gasteiger partial charge in [-0.2, -0.15) is 4.98 Å². The number of carbonyl (C=O) groups is 1. The maximum Gasteiger partial charge on any atom is 0.309 e. The summed E-state index contributed by atoms with van der Waals surface area (Å²) in [7, 11) is 0. The lowest BCUT2D eigenvalue weighted by atomic mass is 9.88. The van der Waals surface area contributed by atoms with Crippen molar-refractivity contribution in [2.45, 2.75) is 58.6 Å². The number of rotatable bonds is 11. The van der Waals surface area contributed by atoms with Gasteiger partial charge in [-0.3, -0.25) is 4.79 Å². The van der Waals surface area contributed by atoms with Crippen LogP contribution >= 0.6 is 23.2 Å². The van der Waals surface area contributed by atoms with E-state index in [9.17, 15) is 9.90 Å². The van der Waals surface area contributed by atoms with Gasteiger partial charge in [-0.05, 0) is 76.3 Å². The van der Waals surface area contributed by atoms with Crippen LogP contribution in [0.2, 0.25) is 10.0 Å². The van der Waals surface area contributed by atoms with Gasteiger partial charge in [0.15, 0.2) is 11.2 Å². The summed E-state index contributed by atoms with van der Waals surface area (Å²) in [6.07, 6.45) is 4.47. The molecule has 4 aromatic rings. The molecule has 204 valence electrons. The first kappa shape index (κ1) is 27.2. The summed E-state index contributed by atoms with van der Waals surface area (Å²) in [4.78, 5) is 25.3. The van der Waals surface area contributed by atoms with Gasteiger partial charge in [-0.15, -0.1) is 0 Å². The number of carboxylic acids is 1. The van der Waals surface area contributed by atoms with Crippen molar-refractivity contribution in [2.24, 2.45) is 5.41 Å². The first-order chi connectivity index (χ1) is 18.6. The Labute approximate surface area is 236 Å². The Hall–Kier alpha value is -3.36. The predicted octanol–water partition coefficient (Wildman–Crippen LogP) is 7.05. The van der Waals surface area contributed by atoms with Crippen LogP contribution in [0.1, 0.15) is 52.0 Å². The van der Waals surface area contributed by atoms with Crippen LogP contribution < -0.4 is 9.47 Å². The Morgan fingerprint density at radius 2 is 1.92 bits per heavy atom. The standard InChI is InChI=1S/C29H30Cl2N4O4/c1-28(2,27(36)37)11-6-14-38-21-10-5-9-20(22(21)31)24-34-23-25(32-17-33-26(23)39-29(3)12-13-29)35(24)16-18-7-4-8-19(30)15-18/h4-5,7-10,15,17H,6,11-14,16H2,1-3H3,(H,36,37). The van der Waals surface area contributed by atoms with Crippen molar-refractivity contribution in [3.05, 3.63) is 64.4 Å². The molecule has 0 radical (unpaired) electrons. The van der Waals surface area contributed by atoms with Crippen LogP contribution in [0.25, 0.3) is 22.6 Å². The molecule has 8 nitrogen and oxygen atoms in total. The average molecular weight is 569 g/mol. The Bertz CT molecular complexity index is 1530. The lowest BCUT2D eigenvalue weighted by Crippen LogP contribution is -2.24. The third-order valence-corrected chi connectivity index (χ3v) is 7.64. The van der Waals surface area contributed by atoms with Gasteiger partial charge in [0.2, 0.25) is 5.88 Å². The van der Waals surface area contributed by atoms with E-state index in [4.69, 9.17) is 37.7 Å². The lowest BCUT2D eigenvalue weighted by Gasteiger charge is -2.19. The fourth-order valence-corrected chi connectivity index (χ4v) is 4.75. The molecule has 2 heterocycles. The number of ether oxygens (including phenoxy) is 2. The van der Waals surface area contributed by atoms with Crippen molar-refractivity contribution >= 4 is 40.3 Å². The fourth-order valence-electron chi connectivity index (χ4n) is 4.27. The molecule has 0 saturated heterocycles. The number of hydrogen-bond donors (Lipinski definition) is 1. The van der Waals surface area contributed by atoms with E-state index in [1.165, 1.54) is 6.33 Å². The molecule has 0 amide bonds. The third-order valence-electron chi connectivity index (χ3n) is 7.01. The maximum absolute atomic E-state index is 11.4. The van der Waals surface area contributed by atoms with Crippen LogP contribution in [0.3, 0.4) is 0 Å². The predicted molar refractivity (Wildman–Crippen MR) is 151 cm³/mol. The SMILES string of the molecule is CC1(Oc2ncnc3c2nc(-c2cccc(OCCCC(C)(C)C(=O)O)c2Cl)n3Cc2cccc(Cl)c2)CC1. The number of aromatic nitrogens is 4. The summed E-state index contributed by atoms with van der Waals surface area (Å²) >= 11 is 13.2. The molecule has 1 N–H and O–H groups in total. The van der Waals surface area contributed by atoms with Crippen LogP contribution in [0.15, 0.2) is 48.8 Å². The summed E-state index contributed by atoms with van der Waals surface area (Å²) in [5.74, 6) is 0.703. The van der Waals surface area contributed by atoms with E-state index in [2.05, 4.69) is 16.9 Å². The third kappa shape index (κ3) is 5.97. The van der Waals surface area contributed by atoms with Crippen molar-refractivity contribution in [3.63, 3.8) is 0 Å². The van der Waals surface area contributed by atoms with Crippen molar-refractivity contribution in [1.29, 1.82) is 0 Å². The summed E-state index contributed by atoms with van der Waals surface area (Å²) < 4.78 is 14.2. The number of fused-ring (bicyclic) bond motifs is 1. The molecular formula is C29H30Cl2N4O4. The second kappa shape index (κ2) is 10.7. The molecule has 5 rings (SSSR count). The number of nitrogens with zero attached hydrogens (tertiary/aromatic N) is 4. The van der Waals surface area contributed by atoms with Gasteiger partial charge < -0.3 is 19.1 Å². The monoisotopic (exact) mass is 568 g/mol. The summed E-state index contributed by atoms with van der Waals surface area (Å²) in [6, 6.07) is 13.2. The minimum Gasteiger partial charge on any atom is -0.492 e. The molecule has 1 fully saturated rings. The lowest BCUT2D eigenvalue weighted by molar-refractivity contribution is -0.147. The number of imidazole rings is 1. The quantitative estimate of drug-likeness (QED) is 0.193. The highest BCUT2D eigenvalue weighted by Gasteiger charge is 2.41. The largest absolute Gasteiger partial charge is 0.492 e. The van der Waals surface area contributed by atoms with Gasteiger partial charge in [0.05, 0.1) is 23.6 Å². The number of carboxylic acid groups (broad SMARTS) is 1. The van der Waals surface area contributed by atoms with E-state index in [0.717, 1.165) is 18.4 Å². The zero-order valence-corrected chi connectivity index (χ0v) is 23.6. The molecule has 39 heavy (non-hydrogen) atoms. The molecule has 0 atom stereocenters. The molecule has 1 aliphatic rings. The summed E-state index contributed by atoms with van der Waals surface area (Å²) in [5.41, 5.74) is 1.77. The molecule has 0 aliphatic heterocycles. The Kier molecular flexibility index (Phi) is 7.44. The minimum absolute atomic E-state index is 0.237. The van der Waals surface area contributed by atoms with Crippen LogP contribution in [0.5, 0.6) is 11.6 Å². The first-order valence-corrected chi connectivity index (χ1v) is 13.6. The van der Waals surface area contributed by atoms with Gasteiger partial charge in [-0.25, -0.2) is 9.97 Å². The number of benzene rings is 2. The molecule has 1 saturated carbocycles. The fraction of sp³-hybridized carbons (Fsp3) is 0.379. The normalized spacial score (nSPS) is 14.4. The topological polar surface area (TPSA) is 99.4 Å². The maximum atomic E-state index is 11.4. The van der Waals surface area contributed by atoms with Crippen LogP contribution in [-0.4, -0.2) is 42.8 Å². The first-order valence-electron chi connectivity index (χ1n) is 12.9. The molecule has 0 spiro atoms. The molecule has 0 unspecified atom stereocenters. The Morgan fingerprint density at radius 1 is 1.15 bits per heavy atom. The smallest absolute Gasteiger partial charge is 0.309 e. The highest BCUT2D eigenvalue weighted by Crippen LogP contribution is 2.42. The van der Waals surface area contributed by atoms with Gasteiger partial charge in [0.1, 0.15) is 23.5 Å². The average Bonchev–Trinajstić information content (AvgIpc) is 3.50. The van der Waals surface area contributed by atoms with E-state index >= 15 is 0 Å². The highest BCUT2D eigenvalue weighted by molar-refractivity contribution is 6.34. The van der Waals surface area contributed by atoms with Gasteiger partial charge >= 0.3 is 5.97 Å². The van der Waals surface area contributed by atoms with E-state index < -0.39 is 11.4 Å². The number of hydrogen-bond acceptors (Lipinski definition) is 6. The molecular weight excluding hydrogens is 539 g/mol. The highest BCUT2D eigenvalue weighted by atomic mass is 35.5. The molecule has 1 aliphatic carbocycles. The van der Waals surface area contributed by atoms with Crippen LogP contribution in [-0.2, 0) is 11.3 Å². The second-order valence-electron chi connectivity index (χ2n) is 10.8. The Morgan fingerprint density at radius 3 is 2.64 bits per heavy atom. The zero-order valence-electron chi connectivity index (χ0n) is 22.1. The van der Waals surface area contributed by atoms with Gasteiger partial charge in [-0.1, -0.05) is 41.4 Å². The Balaban J connectivity index is 1.51. The summed E-state index contributed by atoms with van der Waals surface area (Å²) in [5, 5.41) is 10.4. The van der Waals surface area contributed by atoms with Crippen molar-refractivity contribution in [3.8, 4) is 23.0 Å². The van der Waals surface area contributed by atoms with Gasteiger partial charge in [0.25, 0.3) is 0 Å².